The first-order valence-electron chi connectivity index (χ1n) is 5.27. The molecule has 0 fully saturated rings. The molecule has 0 unspecified atom stereocenters. The van der Waals surface area contributed by atoms with Gasteiger partial charge in [-0.3, -0.25) is 13.9 Å². The van der Waals surface area contributed by atoms with E-state index in [4.69, 9.17) is 19.6 Å². The van der Waals surface area contributed by atoms with E-state index in [0.717, 1.165) is 0 Å². The van der Waals surface area contributed by atoms with Crippen molar-refractivity contribution in [1.82, 2.24) is 0 Å². The third-order valence-corrected chi connectivity index (χ3v) is 6.03. The van der Waals surface area contributed by atoms with Gasteiger partial charge in [-0.15, -0.1) is 0 Å². The molecule has 18 heavy (non-hydrogen) atoms. The fraction of sp³-hybridized carbons (Fsp3) is 0.667. The van der Waals surface area contributed by atoms with Crippen LogP contribution in [0.4, 0.5) is 0 Å². The van der Waals surface area contributed by atoms with Gasteiger partial charge in [-0.2, -0.15) is 0 Å². The highest BCUT2D eigenvalue weighted by Crippen LogP contribution is 2.64. The lowest BCUT2D eigenvalue weighted by Crippen LogP contribution is -2.24. The molecule has 0 atom stereocenters. The molecule has 4 N–H and O–H groups in total. The van der Waals surface area contributed by atoms with Crippen LogP contribution in [-0.2, 0) is 13.9 Å². The van der Waals surface area contributed by atoms with Gasteiger partial charge in [-0.05, 0) is 12.8 Å². The lowest BCUT2D eigenvalue weighted by atomic mass is 9.80. The predicted octanol–water partition coefficient (Wildman–Crippen LogP) is 1.58. The van der Waals surface area contributed by atoms with Gasteiger partial charge in [0.2, 0.25) is 0 Å². The van der Waals surface area contributed by atoms with Gasteiger partial charge in [0.1, 0.15) is 0 Å². The Hall–Kier alpha value is -0.290. The number of hydrogen-bond acceptors (Lipinski definition) is 3. The van der Waals surface area contributed by atoms with Crippen molar-refractivity contribution in [3.8, 4) is 0 Å². The largest absolute Gasteiger partial charge is 0.364 e. The first kappa shape index (κ1) is 17.7. The van der Waals surface area contributed by atoms with Gasteiger partial charge in [0.25, 0.3) is 0 Å². The first-order chi connectivity index (χ1) is 7.88. The molecule has 0 aromatic rings. The molecule has 0 aliphatic heterocycles. The molecule has 0 rings (SSSR count). The summed E-state index contributed by atoms with van der Waals surface area (Å²) in [4.78, 5) is 47.4. The van der Waals surface area contributed by atoms with E-state index in [2.05, 4.69) is 0 Å². The highest BCUT2D eigenvalue weighted by atomic mass is 31.2. The third-order valence-electron chi connectivity index (χ3n) is 3.01. The normalized spacial score (nSPS) is 13.3. The molecule has 0 aliphatic rings. The smallest absolute Gasteiger partial charge is 0.321 e. The molecule has 0 aromatic carbocycles. The van der Waals surface area contributed by atoms with E-state index in [-0.39, 0.29) is 0 Å². The van der Waals surface area contributed by atoms with E-state index in [0.29, 0.717) is 18.9 Å². The van der Waals surface area contributed by atoms with Crippen LogP contribution < -0.4 is 0 Å². The van der Waals surface area contributed by atoms with Crippen LogP contribution in [0.5, 0.6) is 0 Å². The topological polar surface area (TPSA) is 132 Å². The second-order valence-corrected chi connectivity index (χ2v) is 7.72. The summed E-state index contributed by atoms with van der Waals surface area (Å²) in [5, 5.41) is -1.42. The Bertz CT molecular complexity index is 414. The molecule has 7 nitrogen and oxygen atoms in total. The lowest BCUT2D eigenvalue weighted by molar-refractivity contribution is -0.123. The zero-order valence-electron chi connectivity index (χ0n) is 10.4. The second-order valence-electron chi connectivity index (χ2n) is 4.22. The molecule has 0 heterocycles. The highest BCUT2D eigenvalue weighted by molar-refractivity contribution is 7.77. The van der Waals surface area contributed by atoms with Gasteiger partial charge in [0.05, 0.1) is 0 Å². The quantitative estimate of drug-likeness (QED) is 0.432. The third kappa shape index (κ3) is 4.43. The maximum absolute atomic E-state index is 11.9. The van der Waals surface area contributed by atoms with Crippen molar-refractivity contribution in [3.63, 3.8) is 0 Å². The average molecular weight is 300 g/mol. The molecule has 0 saturated heterocycles. The molecule has 0 bridgehead atoms. The minimum atomic E-state index is -5.16. The molecule has 0 aromatic heterocycles. The van der Waals surface area contributed by atoms with E-state index >= 15 is 0 Å². The van der Waals surface area contributed by atoms with Crippen LogP contribution in [0.3, 0.4) is 0 Å². The van der Waals surface area contributed by atoms with Gasteiger partial charge in [0.15, 0.2) is 10.8 Å². The molecular weight excluding hydrogens is 282 g/mol. The second kappa shape index (κ2) is 5.78. The van der Waals surface area contributed by atoms with Gasteiger partial charge in [-0.1, -0.05) is 20.8 Å². The van der Waals surface area contributed by atoms with Crippen LogP contribution in [0.25, 0.3) is 0 Å². The standard InChI is InChI=1S/C9H18O7P2/c1-4-9(3,5-2)7(10)6-8(17(11,12)13)18(14,15)16/h6H,4-5H2,1-3H3,(H2,11,12,13)(H2,14,15,16). The van der Waals surface area contributed by atoms with Crippen LogP contribution in [0.1, 0.15) is 33.6 Å². The van der Waals surface area contributed by atoms with Crippen molar-refractivity contribution >= 4 is 21.0 Å². The Morgan fingerprint density at radius 1 is 1.06 bits per heavy atom. The van der Waals surface area contributed by atoms with E-state index in [1.54, 1.807) is 20.8 Å². The summed E-state index contributed by atoms with van der Waals surface area (Å²) in [5.41, 5.74) is -0.893. The van der Waals surface area contributed by atoms with Crippen LogP contribution in [0, 0.1) is 5.41 Å². The Kier molecular flexibility index (Phi) is 5.69. The molecule has 0 radical (unpaired) electrons. The molecule has 106 valence electrons. The van der Waals surface area contributed by atoms with Gasteiger partial charge >= 0.3 is 15.2 Å². The van der Waals surface area contributed by atoms with Crippen molar-refractivity contribution < 1.29 is 33.5 Å². The number of carbonyl (C=O) groups excluding carboxylic acids is 1. The molecule has 0 amide bonds. The highest BCUT2D eigenvalue weighted by Gasteiger charge is 2.39. The van der Waals surface area contributed by atoms with E-state index in [1.165, 1.54) is 0 Å². The van der Waals surface area contributed by atoms with Crippen molar-refractivity contribution in [3.05, 3.63) is 11.1 Å². The minimum absolute atomic E-state index is 0.397. The SMILES string of the molecule is CCC(C)(CC)C(=O)C=C(P(=O)(O)O)P(=O)(O)O. The number of allylic oxidation sites excluding steroid dienone is 1. The Labute approximate surface area is 105 Å². The maximum Gasteiger partial charge on any atom is 0.364 e. The number of carbonyl (C=O) groups is 1. The summed E-state index contributed by atoms with van der Waals surface area (Å²) in [5.74, 6) is -0.700. The Balaban J connectivity index is 5.70. The fourth-order valence-electron chi connectivity index (χ4n) is 1.23. The van der Waals surface area contributed by atoms with Crippen LogP contribution in [0.15, 0.2) is 11.1 Å². The zero-order valence-corrected chi connectivity index (χ0v) is 12.2. The van der Waals surface area contributed by atoms with Crippen LogP contribution in [-0.4, -0.2) is 25.4 Å². The van der Waals surface area contributed by atoms with E-state index in [9.17, 15) is 13.9 Å². The van der Waals surface area contributed by atoms with E-state index < -0.39 is 31.4 Å². The van der Waals surface area contributed by atoms with Crippen molar-refractivity contribution in [2.45, 2.75) is 33.6 Å². The summed E-state index contributed by atoms with van der Waals surface area (Å²) in [6, 6.07) is 0. The minimum Gasteiger partial charge on any atom is -0.321 e. The molecule has 9 heteroatoms. The average Bonchev–Trinajstić information content (AvgIpc) is 2.21. The summed E-state index contributed by atoms with van der Waals surface area (Å²) >= 11 is 0. The summed E-state index contributed by atoms with van der Waals surface area (Å²) in [6.07, 6.45) is 1.19. The maximum atomic E-state index is 11.9. The molecule has 0 saturated carbocycles. The monoisotopic (exact) mass is 300 g/mol. The van der Waals surface area contributed by atoms with Gasteiger partial charge in [-0.25, -0.2) is 0 Å². The summed E-state index contributed by atoms with van der Waals surface area (Å²) < 4.78 is 22.0. The summed E-state index contributed by atoms with van der Waals surface area (Å²) in [6.45, 7) is 5.00. The predicted molar refractivity (Wildman–Crippen MR) is 65.9 cm³/mol. The van der Waals surface area contributed by atoms with Gasteiger partial charge < -0.3 is 19.6 Å². The lowest BCUT2D eigenvalue weighted by Gasteiger charge is -2.23. The van der Waals surface area contributed by atoms with Crippen molar-refractivity contribution in [2.24, 2.45) is 5.41 Å². The fourth-order valence-corrected chi connectivity index (χ4v) is 3.16. The van der Waals surface area contributed by atoms with Crippen LogP contribution in [0.2, 0.25) is 0 Å². The van der Waals surface area contributed by atoms with Gasteiger partial charge in [0, 0.05) is 11.5 Å². The Morgan fingerprint density at radius 2 is 1.39 bits per heavy atom. The molecule has 0 spiro atoms. The number of rotatable bonds is 6. The van der Waals surface area contributed by atoms with Crippen LogP contribution >= 0.6 is 15.2 Å². The zero-order chi connectivity index (χ0) is 14.8. The number of hydrogen-bond donors (Lipinski definition) is 4. The first-order valence-corrected chi connectivity index (χ1v) is 8.49. The molecule has 0 aliphatic carbocycles. The van der Waals surface area contributed by atoms with Crippen molar-refractivity contribution in [2.75, 3.05) is 0 Å². The van der Waals surface area contributed by atoms with E-state index in [1.807, 2.05) is 0 Å². The molecular formula is C9H18O7P2. The van der Waals surface area contributed by atoms with Crippen molar-refractivity contribution in [1.29, 1.82) is 0 Å². The number of ketones is 1. The summed E-state index contributed by atoms with van der Waals surface area (Å²) in [7, 11) is -10.3. The Morgan fingerprint density at radius 3 is 1.61 bits per heavy atom.